The van der Waals surface area contributed by atoms with Gasteiger partial charge in [0.25, 0.3) is 0 Å². The Morgan fingerprint density at radius 3 is 1.38 bits per heavy atom. The summed E-state index contributed by atoms with van der Waals surface area (Å²) >= 11 is 0. The second-order valence-corrected chi connectivity index (χ2v) is 7.23. The molecule has 0 aromatic carbocycles. The Morgan fingerprint density at radius 1 is 0.619 bits per heavy atom. The van der Waals surface area contributed by atoms with Crippen LogP contribution in [0.1, 0.15) is 66.2 Å². The summed E-state index contributed by atoms with van der Waals surface area (Å²) in [5, 5.41) is 0. The van der Waals surface area contributed by atoms with Crippen LogP contribution >= 0.6 is 0 Å². The van der Waals surface area contributed by atoms with Crippen molar-refractivity contribution in [3.8, 4) is 0 Å². The van der Waals surface area contributed by atoms with Gasteiger partial charge in [0.1, 0.15) is 0 Å². The summed E-state index contributed by atoms with van der Waals surface area (Å²) in [6.45, 7) is 10.3. The van der Waals surface area contributed by atoms with E-state index in [-0.39, 0.29) is 32.7 Å². The molecular formula is C14H32O5SiTi. The van der Waals surface area contributed by atoms with Gasteiger partial charge in [-0.15, -0.1) is 0 Å². The van der Waals surface area contributed by atoms with E-state index in [0.717, 1.165) is 12.5 Å². The van der Waals surface area contributed by atoms with Crippen molar-refractivity contribution in [3.05, 3.63) is 0 Å². The summed E-state index contributed by atoms with van der Waals surface area (Å²) in [4.78, 5) is 0. The molecule has 21 heavy (non-hydrogen) atoms. The van der Waals surface area contributed by atoms with Crippen molar-refractivity contribution in [2.24, 2.45) is 0 Å². The van der Waals surface area contributed by atoms with E-state index in [1.54, 1.807) is 0 Å². The van der Waals surface area contributed by atoms with Crippen molar-refractivity contribution >= 4 is 8.80 Å². The SMILES string of the molecule is CCCCCCCC[Si](OCC)(OCC)OCC.[O-2].[O-2].[Ti+4]. The van der Waals surface area contributed by atoms with Crippen molar-refractivity contribution < 1.29 is 45.9 Å². The second-order valence-electron chi connectivity index (χ2n) is 4.50. The number of hydrogen-bond donors (Lipinski definition) is 0. The topological polar surface area (TPSA) is 84.7 Å². The quantitative estimate of drug-likeness (QED) is 0.367. The Kier molecular flexibility index (Phi) is 29.3. The third kappa shape index (κ3) is 15.4. The Hall–Kier alpha value is 0.731. The molecule has 0 aliphatic carbocycles. The van der Waals surface area contributed by atoms with Crippen molar-refractivity contribution in [2.45, 2.75) is 72.3 Å². The normalized spacial score (nSPS) is 10.3. The predicted molar refractivity (Wildman–Crippen MR) is 80.2 cm³/mol. The van der Waals surface area contributed by atoms with Crippen LogP contribution in [0.15, 0.2) is 0 Å². The van der Waals surface area contributed by atoms with Gasteiger partial charge in [0.05, 0.1) is 0 Å². The summed E-state index contributed by atoms with van der Waals surface area (Å²) in [6, 6.07) is 0.967. The molecule has 0 heterocycles. The van der Waals surface area contributed by atoms with E-state index < -0.39 is 8.80 Å². The van der Waals surface area contributed by atoms with Crippen molar-refractivity contribution in [2.75, 3.05) is 19.8 Å². The van der Waals surface area contributed by atoms with E-state index in [2.05, 4.69) is 6.92 Å². The fourth-order valence-corrected chi connectivity index (χ4v) is 4.81. The smallest absolute Gasteiger partial charge is 2.00 e. The van der Waals surface area contributed by atoms with Crippen LogP contribution < -0.4 is 0 Å². The minimum Gasteiger partial charge on any atom is -2.00 e. The molecular weight excluding hydrogens is 324 g/mol. The van der Waals surface area contributed by atoms with Crippen molar-refractivity contribution in [3.63, 3.8) is 0 Å². The third-order valence-corrected chi connectivity index (χ3v) is 6.08. The summed E-state index contributed by atoms with van der Waals surface area (Å²) in [5.41, 5.74) is 0. The van der Waals surface area contributed by atoms with E-state index in [9.17, 15) is 0 Å². The van der Waals surface area contributed by atoms with Gasteiger partial charge < -0.3 is 24.2 Å². The fourth-order valence-electron chi connectivity index (χ4n) is 2.12. The molecule has 0 unspecified atom stereocenters. The zero-order valence-electron chi connectivity index (χ0n) is 14.1. The third-order valence-electron chi connectivity index (χ3n) is 2.93. The van der Waals surface area contributed by atoms with Gasteiger partial charge in [0.2, 0.25) is 0 Å². The Bertz CT molecular complexity index is 170. The Labute approximate surface area is 147 Å². The van der Waals surface area contributed by atoms with Crippen LogP contribution in [0.4, 0.5) is 0 Å². The maximum Gasteiger partial charge on any atom is 4.00 e. The zero-order chi connectivity index (χ0) is 13.7. The van der Waals surface area contributed by atoms with Gasteiger partial charge in [-0.1, -0.05) is 39.0 Å². The number of rotatable bonds is 13. The summed E-state index contributed by atoms with van der Waals surface area (Å²) in [5.74, 6) is 0. The predicted octanol–water partition coefficient (Wildman–Crippen LogP) is 4.16. The molecule has 0 bridgehead atoms. The summed E-state index contributed by atoms with van der Waals surface area (Å²) < 4.78 is 17.5. The van der Waals surface area contributed by atoms with Gasteiger partial charge in [-0.05, 0) is 27.2 Å². The van der Waals surface area contributed by atoms with E-state index in [4.69, 9.17) is 13.3 Å². The van der Waals surface area contributed by atoms with Crippen LogP contribution in [0.3, 0.4) is 0 Å². The largest absolute Gasteiger partial charge is 4.00 e. The van der Waals surface area contributed by atoms with Crippen LogP contribution in [0.2, 0.25) is 6.04 Å². The van der Waals surface area contributed by atoms with E-state index in [1.165, 1.54) is 32.1 Å². The van der Waals surface area contributed by atoms with Gasteiger partial charge in [-0.3, -0.25) is 0 Å². The Balaban J connectivity index is -0.000000482. The van der Waals surface area contributed by atoms with E-state index in [0.29, 0.717) is 19.8 Å². The molecule has 0 atom stereocenters. The first-order valence-electron chi connectivity index (χ1n) is 7.66. The average Bonchev–Trinajstić information content (AvgIpc) is 2.35. The second kappa shape index (κ2) is 20.7. The zero-order valence-corrected chi connectivity index (χ0v) is 16.7. The summed E-state index contributed by atoms with van der Waals surface area (Å²) in [6.07, 6.45) is 7.75. The van der Waals surface area contributed by atoms with Crippen molar-refractivity contribution in [1.82, 2.24) is 0 Å². The molecule has 0 amide bonds. The molecule has 0 aliphatic heterocycles. The molecule has 0 radical (unpaired) electrons. The van der Waals surface area contributed by atoms with E-state index >= 15 is 0 Å². The van der Waals surface area contributed by atoms with Crippen LogP contribution in [-0.4, -0.2) is 28.6 Å². The van der Waals surface area contributed by atoms with Crippen molar-refractivity contribution in [1.29, 1.82) is 0 Å². The number of hydrogen-bond acceptors (Lipinski definition) is 3. The maximum atomic E-state index is 5.83. The van der Waals surface area contributed by atoms with Gasteiger partial charge in [-0.25, -0.2) is 0 Å². The number of unbranched alkanes of at least 4 members (excludes halogenated alkanes) is 5. The first-order chi connectivity index (χ1) is 8.74. The molecule has 0 saturated carbocycles. The van der Waals surface area contributed by atoms with Crippen LogP contribution in [-0.2, 0) is 45.9 Å². The molecule has 0 aromatic rings. The first kappa shape index (κ1) is 29.7. The van der Waals surface area contributed by atoms with Crippen LogP contribution in [0.25, 0.3) is 0 Å². The molecule has 126 valence electrons. The van der Waals surface area contributed by atoms with Crippen LogP contribution in [0, 0.1) is 0 Å². The molecule has 0 aromatic heterocycles. The first-order valence-corrected chi connectivity index (χ1v) is 9.59. The molecule has 0 N–H and O–H groups in total. The molecule has 0 aliphatic rings. The Morgan fingerprint density at radius 2 is 1.00 bits per heavy atom. The molecule has 0 spiro atoms. The van der Waals surface area contributed by atoms with Gasteiger partial charge in [-0.2, -0.15) is 0 Å². The molecule has 7 heteroatoms. The van der Waals surface area contributed by atoms with E-state index in [1.807, 2.05) is 20.8 Å². The minimum absolute atomic E-state index is 0. The van der Waals surface area contributed by atoms with Gasteiger partial charge in [0, 0.05) is 25.9 Å². The minimum atomic E-state index is -2.36. The van der Waals surface area contributed by atoms with Crippen LogP contribution in [0.5, 0.6) is 0 Å². The standard InChI is InChI=1S/C14H32O3Si.2O.Ti/c1-5-9-10-11-12-13-14-18(15-6-2,16-7-3)17-8-4;;;/h5-14H2,1-4H3;;;/q;2*-2;+4. The fraction of sp³-hybridized carbons (Fsp3) is 1.00. The molecule has 0 fully saturated rings. The van der Waals surface area contributed by atoms with Gasteiger partial charge >= 0.3 is 30.5 Å². The molecule has 5 nitrogen and oxygen atoms in total. The van der Waals surface area contributed by atoms with Gasteiger partial charge in [0.15, 0.2) is 0 Å². The monoisotopic (exact) mass is 356 g/mol. The summed E-state index contributed by atoms with van der Waals surface area (Å²) in [7, 11) is -2.36. The average molecular weight is 356 g/mol. The molecule has 0 rings (SSSR count). The molecule has 0 saturated heterocycles. The maximum absolute atomic E-state index is 5.83.